The first-order valence-electron chi connectivity index (χ1n) is 16.6. The topological polar surface area (TPSA) is 136 Å². The predicted molar refractivity (Wildman–Crippen MR) is 172 cm³/mol. The Morgan fingerprint density at radius 1 is 0.511 bits per heavy atom. The summed E-state index contributed by atoms with van der Waals surface area (Å²) in [6.45, 7) is 8.30. The molecule has 9 heteroatoms. The van der Waals surface area contributed by atoms with Crippen LogP contribution in [0.2, 0.25) is 0 Å². The van der Waals surface area contributed by atoms with E-state index in [0.29, 0.717) is 36.8 Å². The number of aromatic carboxylic acids is 2. The number of carboxylic acids is 2. The second kappa shape index (κ2) is 20.3. The van der Waals surface area contributed by atoms with E-state index < -0.39 is 23.9 Å². The molecule has 0 heterocycles. The standard InChI is InChI=1S/C36H50O9/c1-5-9-13-17-25-21-23-29(31(33(37)38)27(25)19-15-11-7-3)35(41)43-45-44-36(42)30-24-22-26(18-14-10-6-2)28(20-16-12-8-4)32(30)34(39)40/h21-24H,5-20H2,1-4H3,(H,37,38)(H,39,40). The normalized spacial score (nSPS) is 10.9. The highest BCUT2D eigenvalue weighted by molar-refractivity contribution is 6.04. The molecule has 248 valence electrons. The summed E-state index contributed by atoms with van der Waals surface area (Å²) in [6, 6.07) is 6.27. The molecular formula is C36H50O9. The third kappa shape index (κ3) is 11.3. The monoisotopic (exact) mass is 626 g/mol. The molecule has 45 heavy (non-hydrogen) atoms. The second-order valence-electron chi connectivity index (χ2n) is 11.5. The van der Waals surface area contributed by atoms with Gasteiger partial charge in [-0.15, -0.1) is 0 Å². The van der Waals surface area contributed by atoms with E-state index in [1.54, 1.807) is 12.1 Å². The third-order valence-corrected chi connectivity index (χ3v) is 8.07. The molecule has 2 N–H and O–H groups in total. The number of carbonyl (C=O) groups excluding carboxylic acids is 2. The van der Waals surface area contributed by atoms with Gasteiger partial charge in [0.05, 0.1) is 22.3 Å². The maximum absolute atomic E-state index is 13.0. The zero-order chi connectivity index (χ0) is 33.2. The molecule has 0 bridgehead atoms. The summed E-state index contributed by atoms with van der Waals surface area (Å²) >= 11 is 0. The zero-order valence-electron chi connectivity index (χ0n) is 27.4. The van der Waals surface area contributed by atoms with Crippen LogP contribution in [0, 0.1) is 0 Å². The highest BCUT2D eigenvalue weighted by atomic mass is 17.5. The average molecular weight is 627 g/mol. The number of hydrogen-bond acceptors (Lipinski definition) is 7. The first kappa shape index (κ1) is 37.5. The molecule has 0 aliphatic carbocycles. The van der Waals surface area contributed by atoms with Crippen molar-refractivity contribution >= 4 is 23.9 Å². The minimum Gasteiger partial charge on any atom is -0.478 e. The van der Waals surface area contributed by atoms with Gasteiger partial charge in [-0.2, -0.15) is 0 Å². The molecule has 0 amide bonds. The Labute approximate surface area is 267 Å². The van der Waals surface area contributed by atoms with Gasteiger partial charge in [0.25, 0.3) is 0 Å². The van der Waals surface area contributed by atoms with Crippen molar-refractivity contribution in [2.24, 2.45) is 0 Å². The lowest BCUT2D eigenvalue weighted by atomic mass is 9.89. The van der Waals surface area contributed by atoms with Gasteiger partial charge in [-0.05, 0) is 85.8 Å². The fourth-order valence-corrected chi connectivity index (χ4v) is 5.65. The SMILES string of the molecule is CCCCCc1ccc(C(=O)OOOC(=O)c2ccc(CCCCC)c(CCCCC)c2C(=O)O)c(C(=O)O)c1CCCCC. The fourth-order valence-electron chi connectivity index (χ4n) is 5.65. The first-order valence-corrected chi connectivity index (χ1v) is 16.6. The average Bonchev–Trinajstić information content (AvgIpc) is 3.01. The number of carbonyl (C=O) groups is 4. The van der Waals surface area contributed by atoms with E-state index in [0.717, 1.165) is 88.2 Å². The van der Waals surface area contributed by atoms with E-state index in [4.69, 9.17) is 9.78 Å². The molecule has 0 saturated heterocycles. The van der Waals surface area contributed by atoms with Crippen LogP contribution in [0.1, 0.15) is 168 Å². The Morgan fingerprint density at radius 2 is 0.844 bits per heavy atom. The molecule has 0 saturated carbocycles. The molecule has 9 nitrogen and oxygen atoms in total. The number of unbranched alkanes of at least 4 members (excludes halogenated alkanes) is 8. The van der Waals surface area contributed by atoms with Gasteiger partial charge in [0.15, 0.2) is 0 Å². The summed E-state index contributed by atoms with van der Waals surface area (Å²) in [5.74, 6) is -4.80. The van der Waals surface area contributed by atoms with Gasteiger partial charge in [-0.25, -0.2) is 19.2 Å². The second-order valence-corrected chi connectivity index (χ2v) is 11.5. The summed E-state index contributed by atoms with van der Waals surface area (Å²) < 4.78 is 0. The molecular weight excluding hydrogens is 576 g/mol. The van der Waals surface area contributed by atoms with Crippen molar-refractivity contribution in [2.75, 3.05) is 0 Å². The number of rotatable bonds is 22. The summed E-state index contributed by atoms with van der Waals surface area (Å²) in [7, 11) is 0. The maximum atomic E-state index is 13.0. The Hall–Kier alpha value is -3.72. The van der Waals surface area contributed by atoms with E-state index in [2.05, 4.69) is 32.7 Å². The molecule has 0 spiro atoms. The van der Waals surface area contributed by atoms with Gasteiger partial charge in [-0.3, -0.25) is 9.78 Å². The van der Waals surface area contributed by atoms with Crippen LogP contribution < -0.4 is 0 Å². The van der Waals surface area contributed by atoms with Crippen molar-refractivity contribution in [2.45, 2.75) is 130 Å². The first-order chi connectivity index (χ1) is 21.7. The molecule has 2 aromatic carbocycles. The number of hydrogen-bond donors (Lipinski definition) is 2. The van der Waals surface area contributed by atoms with Crippen molar-refractivity contribution in [3.8, 4) is 0 Å². The highest BCUT2D eigenvalue weighted by Crippen LogP contribution is 2.27. The lowest BCUT2D eigenvalue weighted by molar-refractivity contribution is -0.446. The van der Waals surface area contributed by atoms with Crippen LogP contribution in [0.15, 0.2) is 24.3 Å². The molecule has 0 aromatic heterocycles. The van der Waals surface area contributed by atoms with E-state index in [1.165, 1.54) is 12.1 Å². The Bertz CT molecular complexity index is 1180. The van der Waals surface area contributed by atoms with Crippen LogP contribution in [-0.4, -0.2) is 34.1 Å². The van der Waals surface area contributed by atoms with Crippen LogP contribution >= 0.6 is 0 Å². The van der Waals surface area contributed by atoms with Crippen LogP contribution in [0.3, 0.4) is 0 Å². The summed E-state index contributed by atoms with van der Waals surface area (Å²) in [4.78, 5) is 60.2. The van der Waals surface area contributed by atoms with Crippen LogP contribution in [0.5, 0.6) is 0 Å². The molecule has 0 radical (unpaired) electrons. The minimum absolute atomic E-state index is 0.149. The van der Waals surface area contributed by atoms with Gasteiger partial charge in [0, 0.05) is 5.04 Å². The maximum Gasteiger partial charge on any atom is 0.378 e. The van der Waals surface area contributed by atoms with Crippen molar-refractivity contribution in [1.82, 2.24) is 0 Å². The molecule has 0 atom stereocenters. The molecule has 0 fully saturated rings. The number of benzene rings is 2. The van der Waals surface area contributed by atoms with E-state index in [9.17, 15) is 29.4 Å². The van der Waals surface area contributed by atoms with Gasteiger partial charge < -0.3 is 10.2 Å². The van der Waals surface area contributed by atoms with Gasteiger partial charge in [-0.1, -0.05) is 91.2 Å². The summed E-state index contributed by atoms with van der Waals surface area (Å²) in [5, 5.41) is 24.7. The van der Waals surface area contributed by atoms with Gasteiger partial charge >= 0.3 is 23.9 Å². The van der Waals surface area contributed by atoms with Gasteiger partial charge in [0.1, 0.15) is 0 Å². The predicted octanol–water partition coefficient (Wildman–Crippen LogP) is 8.87. The minimum atomic E-state index is -1.26. The lowest BCUT2D eigenvalue weighted by Gasteiger charge is -2.16. The fraction of sp³-hybridized carbons (Fsp3) is 0.556. The van der Waals surface area contributed by atoms with Crippen LogP contribution in [0.4, 0.5) is 0 Å². The van der Waals surface area contributed by atoms with Crippen molar-refractivity contribution < 1.29 is 44.2 Å². The molecule has 0 unspecified atom stereocenters. The van der Waals surface area contributed by atoms with Crippen molar-refractivity contribution in [1.29, 1.82) is 0 Å². The highest BCUT2D eigenvalue weighted by Gasteiger charge is 2.27. The Balaban J connectivity index is 2.29. The number of aryl methyl sites for hydroxylation is 2. The Kier molecular flexibility index (Phi) is 16.9. The van der Waals surface area contributed by atoms with E-state index >= 15 is 0 Å². The molecule has 0 aliphatic rings. The summed E-state index contributed by atoms with van der Waals surface area (Å²) in [6.07, 6.45) is 13.5. The summed E-state index contributed by atoms with van der Waals surface area (Å²) in [5.41, 5.74) is 2.23. The smallest absolute Gasteiger partial charge is 0.378 e. The van der Waals surface area contributed by atoms with Gasteiger partial charge in [0.2, 0.25) is 0 Å². The van der Waals surface area contributed by atoms with Crippen LogP contribution in [-0.2, 0) is 40.5 Å². The largest absolute Gasteiger partial charge is 0.478 e. The number of carboxylic acid groups (broad SMARTS) is 2. The molecule has 2 rings (SSSR count). The zero-order valence-corrected chi connectivity index (χ0v) is 27.4. The lowest BCUT2D eigenvalue weighted by Crippen LogP contribution is -2.19. The van der Waals surface area contributed by atoms with Crippen LogP contribution in [0.25, 0.3) is 0 Å². The molecule has 2 aromatic rings. The third-order valence-electron chi connectivity index (χ3n) is 8.07. The quantitative estimate of drug-likeness (QED) is 0.0746. The van der Waals surface area contributed by atoms with Crippen molar-refractivity contribution in [3.05, 3.63) is 68.8 Å². The van der Waals surface area contributed by atoms with Crippen molar-refractivity contribution in [3.63, 3.8) is 0 Å². The van der Waals surface area contributed by atoms with E-state index in [1.807, 2.05) is 0 Å². The molecule has 0 aliphatic heterocycles. The Morgan fingerprint density at radius 3 is 1.16 bits per heavy atom. The van der Waals surface area contributed by atoms with E-state index in [-0.39, 0.29) is 22.3 Å².